The van der Waals surface area contributed by atoms with Gasteiger partial charge in [0.25, 0.3) is 0 Å². The van der Waals surface area contributed by atoms with Crippen LogP contribution in [-0.4, -0.2) is 54.5 Å². The Kier molecular flexibility index (Phi) is 5.66. The third-order valence-corrected chi connectivity index (χ3v) is 8.15. The van der Waals surface area contributed by atoms with E-state index in [1.165, 1.54) is 16.4 Å². The monoisotopic (exact) mass is 469 g/mol. The van der Waals surface area contributed by atoms with Gasteiger partial charge in [0.05, 0.1) is 16.4 Å². The number of benzene rings is 1. The number of carbonyl (C=O) groups is 1. The molecule has 32 heavy (non-hydrogen) atoms. The second-order valence-corrected chi connectivity index (χ2v) is 10.0. The Morgan fingerprint density at radius 1 is 1.16 bits per heavy atom. The summed E-state index contributed by atoms with van der Waals surface area (Å²) in [6.45, 7) is 2.41. The molecule has 1 aromatic heterocycles. The standard InChI is InChI=1S/C21H22F3N3O4S/c1-13-12-26(19-6-5-16(11-25-19)21(22,23)24)7-8-27(13)32(30,31)18-4-2-3-14-9-15(20(28)29)10-17(14)18/h2-6,11,13,15H,7-10,12H2,1H3,(H,28,29)/t13?,15-/m0/s1. The molecule has 0 radical (unpaired) electrons. The minimum atomic E-state index is -4.47. The third-order valence-electron chi connectivity index (χ3n) is 6.05. The van der Waals surface area contributed by atoms with Crippen molar-refractivity contribution in [3.8, 4) is 0 Å². The number of carboxylic acid groups (broad SMARTS) is 1. The summed E-state index contributed by atoms with van der Waals surface area (Å²) in [6, 6.07) is 6.69. The third kappa shape index (κ3) is 4.06. The van der Waals surface area contributed by atoms with Crippen LogP contribution in [0.5, 0.6) is 0 Å². The van der Waals surface area contributed by atoms with Gasteiger partial charge in [-0.05, 0) is 49.1 Å². The molecule has 0 spiro atoms. The van der Waals surface area contributed by atoms with Crippen LogP contribution in [0.2, 0.25) is 0 Å². The summed E-state index contributed by atoms with van der Waals surface area (Å²) in [7, 11) is -3.87. The molecule has 1 aromatic carbocycles. The Morgan fingerprint density at radius 3 is 2.50 bits per heavy atom. The highest BCUT2D eigenvalue weighted by molar-refractivity contribution is 7.89. The van der Waals surface area contributed by atoms with Crippen LogP contribution in [0.15, 0.2) is 41.4 Å². The van der Waals surface area contributed by atoms with Gasteiger partial charge in [0.1, 0.15) is 5.82 Å². The molecule has 0 saturated carbocycles. The summed E-state index contributed by atoms with van der Waals surface area (Å²) < 4.78 is 66.6. The van der Waals surface area contributed by atoms with Gasteiger partial charge >= 0.3 is 12.1 Å². The molecule has 0 amide bonds. The van der Waals surface area contributed by atoms with Crippen LogP contribution in [0.1, 0.15) is 23.6 Å². The molecule has 1 aliphatic carbocycles. The van der Waals surface area contributed by atoms with Gasteiger partial charge in [0.2, 0.25) is 10.0 Å². The first kappa shape index (κ1) is 22.5. The van der Waals surface area contributed by atoms with Crippen molar-refractivity contribution in [2.75, 3.05) is 24.5 Å². The van der Waals surface area contributed by atoms with Crippen molar-refractivity contribution in [2.24, 2.45) is 5.92 Å². The predicted octanol–water partition coefficient (Wildman–Crippen LogP) is 2.80. The van der Waals surface area contributed by atoms with E-state index in [1.807, 2.05) is 0 Å². The number of piperazine rings is 1. The Bertz CT molecular complexity index is 1140. The number of anilines is 1. The summed E-state index contributed by atoms with van der Waals surface area (Å²) in [5, 5.41) is 9.34. The minimum Gasteiger partial charge on any atom is -0.481 e. The topological polar surface area (TPSA) is 90.8 Å². The van der Waals surface area contributed by atoms with Crippen LogP contribution in [0.4, 0.5) is 19.0 Å². The molecular weight excluding hydrogens is 447 g/mol. The van der Waals surface area contributed by atoms with E-state index in [-0.39, 0.29) is 31.0 Å². The largest absolute Gasteiger partial charge is 0.481 e. The van der Waals surface area contributed by atoms with E-state index in [1.54, 1.807) is 24.0 Å². The highest BCUT2D eigenvalue weighted by Gasteiger charge is 2.38. The van der Waals surface area contributed by atoms with Crippen molar-refractivity contribution >= 4 is 21.8 Å². The molecule has 2 heterocycles. The van der Waals surface area contributed by atoms with Crippen molar-refractivity contribution in [1.29, 1.82) is 0 Å². The number of carboxylic acids is 1. The average molecular weight is 469 g/mol. The van der Waals surface area contributed by atoms with Crippen LogP contribution in [0, 0.1) is 5.92 Å². The van der Waals surface area contributed by atoms with Gasteiger partial charge in [0.15, 0.2) is 0 Å². The van der Waals surface area contributed by atoms with Gasteiger partial charge in [0, 0.05) is 31.9 Å². The molecule has 1 unspecified atom stereocenters. The average Bonchev–Trinajstić information content (AvgIpc) is 3.17. The van der Waals surface area contributed by atoms with Crippen molar-refractivity contribution < 1.29 is 31.5 Å². The lowest BCUT2D eigenvalue weighted by Gasteiger charge is -2.39. The number of fused-ring (bicyclic) bond motifs is 1. The summed E-state index contributed by atoms with van der Waals surface area (Å²) in [4.78, 5) is 17.2. The van der Waals surface area contributed by atoms with Crippen LogP contribution in [-0.2, 0) is 33.8 Å². The smallest absolute Gasteiger partial charge is 0.417 e. The molecule has 1 fully saturated rings. The van der Waals surface area contributed by atoms with Crippen molar-refractivity contribution in [3.05, 3.63) is 53.2 Å². The lowest BCUT2D eigenvalue weighted by Crippen LogP contribution is -2.54. The fourth-order valence-electron chi connectivity index (χ4n) is 4.41. The molecule has 1 aliphatic heterocycles. The first-order valence-corrected chi connectivity index (χ1v) is 11.6. The molecule has 11 heteroatoms. The Morgan fingerprint density at radius 2 is 1.91 bits per heavy atom. The lowest BCUT2D eigenvalue weighted by molar-refractivity contribution is -0.141. The number of hydrogen-bond acceptors (Lipinski definition) is 5. The number of nitrogens with zero attached hydrogens (tertiary/aromatic N) is 3. The van der Waals surface area contributed by atoms with Gasteiger partial charge in [-0.1, -0.05) is 12.1 Å². The number of hydrogen-bond donors (Lipinski definition) is 1. The van der Waals surface area contributed by atoms with Crippen LogP contribution in [0.3, 0.4) is 0 Å². The highest BCUT2D eigenvalue weighted by atomic mass is 32.2. The maximum absolute atomic E-state index is 13.5. The van der Waals surface area contributed by atoms with E-state index < -0.39 is 39.7 Å². The number of halogens is 3. The Hall–Kier alpha value is -2.66. The van der Waals surface area contributed by atoms with Gasteiger partial charge in [-0.3, -0.25) is 4.79 Å². The summed E-state index contributed by atoms with van der Waals surface area (Å²) in [6.07, 6.45) is -3.22. The fourth-order valence-corrected chi connectivity index (χ4v) is 6.30. The first-order chi connectivity index (χ1) is 15.0. The van der Waals surface area contributed by atoms with Crippen LogP contribution < -0.4 is 4.90 Å². The van der Waals surface area contributed by atoms with E-state index in [9.17, 15) is 31.5 Å². The van der Waals surface area contributed by atoms with E-state index >= 15 is 0 Å². The Balaban J connectivity index is 1.53. The predicted molar refractivity (Wildman–Crippen MR) is 110 cm³/mol. The molecule has 4 rings (SSSR count). The van der Waals surface area contributed by atoms with E-state index in [2.05, 4.69) is 4.98 Å². The molecule has 0 bridgehead atoms. The SMILES string of the molecule is CC1CN(c2ccc(C(F)(F)F)cn2)CCN1S(=O)(=O)c1cccc2c1C[C@@H](C(=O)O)C2. The number of aromatic nitrogens is 1. The molecule has 172 valence electrons. The zero-order valence-electron chi connectivity index (χ0n) is 17.2. The van der Waals surface area contributed by atoms with Crippen molar-refractivity contribution in [3.63, 3.8) is 0 Å². The van der Waals surface area contributed by atoms with Gasteiger partial charge < -0.3 is 10.0 Å². The zero-order valence-corrected chi connectivity index (χ0v) is 18.0. The van der Waals surface area contributed by atoms with Gasteiger partial charge in [-0.15, -0.1) is 0 Å². The second-order valence-electron chi connectivity index (χ2n) is 8.15. The van der Waals surface area contributed by atoms with Crippen LogP contribution in [0.25, 0.3) is 0 Å². The quantitative estimate of drug-likeness (QED) is 0.741. The van der Waals surface area contributed by atoms with E-state index in [4.69, 9.17) is 0 Å². The van der Waals surface area contributed by atoms with Crippen molar-refractivity contribution in [1.82, 2.24) is 9.29 Å². The fraction of sp³-hybridized carbons (Fsp3) is 0.429. The van der Waals surface area contributed by atoms with E-state index in [0.29, 0.717) is 17.8 Å². The Labute approximate surface area is 183 Å². The molecule has 7 nitrogen and oxygen atoms in total. The molecule has 2 aromatic rings. The normalized spacial score (nSPS) is 22.1. The summed E-state index contributed by atoms with van der Waals surface area (Å²) in [5.41, 5.74) is 0.450. The van der Waals surface area contributed by atoms with Gasteiger partial charge in [-0.2, -0.15) is 17.5 Å². The summed E-state index contributed by atoms with van der Waals surface area (Å²) >= 11 is 0. The lowest BCUT2D eigenvalue weighted by atomic mass is 10.1. The van der Waals surface area contributed by atoms with Gasteiger partial charge in [-0.25, -0.2) is 13.4 Å². The zero-order chi connectivity index (χ0) is 23.3. The maximum Gasteiger partial charge on any atom is 0.417 e. The number of alkyl halides is 3. The number of rotatable bonds is 4. The number of sulfonamides is 1. The number of aliphatic carboxylic acids is 1. The number of pyridine rings is 1. The highest BCUT2D eigenvalue weighted by Crippen LogP contribution is 2.35. The van der Waals surface area contributed by atoms with Crippen molar-refractivity contribution in [2.45, 2.75) is 36.9 Å². The summed E-state index contributed by atoms with van der Waals surface area (Å²) in [5.74, 6) is -1.23. The molecule has 2 atom stereocenters. The minimum absolute atomic E-state index is 0.131. The van der Waals surface area contributed by atoms with Crippen LogP contribution >= 0.6 is 0 Å². The first-order valence-electron chi connectivity index (χ1n) is 10.1. The molecule has 2 aliphatic rings. The maximum atomic E-state index is 13.5. The molecular formula is C21H22F3N3O4S. The molecule has 1 N–H and O–H groups in total. The molecule has 1 saturated heterocycles. The van der Waals surface area contributed by atoms with E-state index in [0.717, 1.165) is 17.8 Å². The second kappa shape index (κ2) is 8.04.